The van der Waals surface area contributed by atoms with E-state index in [-0.39, 0.29) is 11.9 Å². The molecule has 0 unspecified atom stereocenters. The highest BCUT2D eigenvalue weighted by Gasteiger charge is 2.14. The average Bonchev–Trinajstić information content (AvgIpc) is 3.01. The fraction of sp³-hybridized carbons (Fsp3) is 0.136. The van der Waals surface area contributed by atoms with Crippen LogP contribution in [0.15, 0.2) is 72.9 Å². The highest BCUT2D eigenvalue weighted by molar-refractivity contribution is 5.98. The van der Waals surface area contributed by atoms with Gasteiger partial charge in [-0.15, -0.1) is 0 Å². The summed E-state index contributed by atoms with van der Waals surface area (Å²) in [6, 6.07) is 22.3. The third kappa shape index (κ3) is 2.78. The lowest BCUT2D eigenvalue weighted by molar-refractivity contribution is 0.0940. The summed E-state index contributed by atoms with van der Waals surface area (Å²) in [6.07, 6.45) is 2.01. The topological polar surface area (TPSA) is 34.0 Å². The Balaban J connectivity index is 1.63. The lowest BCUT2D eigenvalue weighted by Crippen LogP contribution is -2.26. The van der Waals surface area contributed by atoms with Gasteiger partial charge in [-0.2, -0.15) is 0 Å². The lowest BCUT2D eigenvalue weighted by Gasteiger charge is -2.17. The lowest BCUT2D eigenvalue weighted by atomic mass is 9.99. The molecule has 0 aliphatic heterocycles. The fourth-order valence-electron chi connectivity index (χ4n) is 3.39. The zero-order valence-corrected chi connectivity index (χ0v) is 14.4. The van der Waals surface area contributed by atoms with Crippen LogP contribution in [0.3, 0.4) is 0 Å². The molecule has 0 radical (unpaired) electrons. The molecule has 3 heteroatoms. The van der Waals surface area contributed by atoms with Crippen LogP contribution >= 0.6 is 0 Å². The highest BCUT2D eigenvalue weighted by Crippen LogP contribution is 2.24. The molecule has 0 bridgehead atoms. The molecule has 0 fully saturated rings. The highest BCUT2D eigenvalue weighted by atomic mass is 16.1. The van der Waals surface area contributed by atoms with Crippen LogP contribution in [0.5, 0.6) is 0 Å². The molecule has 25 heavy (non-hydrogen) atoms. The molecular formula is C22H20N2O. The van der Waals surface area contributed by atoms with E-state index < -0.39 is 0 Å². The second kappa shape index (κ2) is 6.10. The van der Waals surface area contributed by atoms with Crippen molar-refractivity contribution in [3.63, 3.8) is 0 Å². The third-order valence-corrected chi connectivity index (χ3v) is 4.79. The first-order valence-corrected chi connectivity index (χ1v) is 8.47. The third-order valence-electron chi connectivity index (χ3n) is 4.79. The molecule has 0 aliphatic carbocycles. The van der Waals surface area contributed by atoms with Crippen molar-refractivity contribution in [2.45, 2.75) is 13.0 Å². The van der Waals surface area contributed by atoms with E-state index in [1.165, 1.54) is 10.8 Å². The molecule has 1 atom stereocenters. The first kappa shape index (κ1) is 15.5. The minimum absolute atomic E-state index is 0.0523. The van der Waals surface area contributed by atoms with Gasteiger partial charge in [0.05, 0.1) is 6.04 Å². The van der Waals surface area contributed by atoms with Crippen LogP contribution in [0.25, 0.3) is 21.7 Å². The Morgan fingerprint density at radius 3 is 2.64 bits per heavy atom. The van der Waals surface area contributed by atoms with Crippen LogP contribution in [-0.2, 0) is 7.05 Å². The summed E-state index contributed by atoms with van der Waals surface area (Å²) in [5, 5.41) is 6.64. The van der Waals surface area contributed by atoms with Gasteiger partial charge in [-0.05, 0) is 46.8 Å². The van der Waals surface area contributed by atoms with Crippen LogP contribution in [0, 0.1) is 0 Å². The van der Waals surface area contributed by atoms with Crippen LogP contribution in [-0.4, -0.2) is 10.5 Å². The zero-order chi connectivity index (χ0) is 17.4. The number of hydrogen-bond acceptors (Lipinski definition) is 1. The molecule has 0 spiro atoms. The largest absolute Gasteiger partial charge is 0.351 e. The van der Waals surface area contributed by atoms with Crippen molar-refractivity contribution in [3.8, 4) is 0 Å². The summed E-state index contributed by atoms with van der Waals surface area (Å²) in [7, 11) is 1.99. The number of carbonyl (C=O) groups excluding carboxylic acids is 1. The number of carbonyl (C=O) groups is 1. The molecule has 124 valence electrons. The van der Waals surface area contributed by atoms with Gasteiger partial charge in [0.15, 0.2) is 0 Å². The van der Waals surface area contributed by atoms with E-state index >= 15 is 0 Å². The van der Waals surface area contributed by atoms with Crippen LogP contribution in [0.2, 0.25) is 0 Å². The van der Waals surface area contributed by atoms with Crippen molar-refractivity contribution in [1.82, 2.24) is 9.88 Å². The second-order valence-electron chi connectivity index (χ2n) is 6.46. The van der Waals surface area contributed by atoms with Crippen LogP contribution in [0.1, 0.15) is 28.9 Å². The Morgan fingerprint density at radius 1 is 0.960 bits per heavy atom. The second-order valence-corrected chi connectivity index (χ2v) is 6.46. The molecule has 1 heterocycles. The number of aryl methyl sites for hydroxylation is 1. The van der Waals surface area contributed by atoms with Crippen molar-refractivity contribution >= 4 is 27.6 Å². The summed E-state index contributed by atoms with van der Waals surface area (Å²) in [5.41, 5.74) is 2.87. The number of fused-ring (bicyclic) bond motifs is 2. The number of aromatic nitrogens is 1. The van der Waals surface area contributed by atoms with E-state index in [9.17, 15) is 4.79 Å². The molecule has 3 aromatic carbocycles. The van der Waals surface area contributed by atoms with Gasteiger partial charge in [-0.1, -0.05) is 48.5 Å². The van der Waals surface area contributed by atoms with E-state index in [0.29, 0.717) is 5.56 Å². The van der Waals surface area contributed by atoms with Gasteiger partial charge >= 0.3 is 0 Å². The number of nitrogens with one attached hydrogen (secondary N) is 1. The molecule has 4 aromatic rings. The summed E-state index contributed by atoms with van der Waals surface area (Å²) in [6.45, 7) is 2.03. The van der Waals surface area contributed by atoms with E-state index in [2.05, 4.69) is 35.6 Å². The van der Waals surface area contributed by atoms with Crippen molar-refractivity contribution in [2.75, 3.05) is 0 Å². The van der Waals surface area contributed by atoms with Crippen molar-refractivity contribution in [3.05, 3.63) is 84.1 Å². The molecule has 3 nitrogen and oxygen atoms in total. The summed E-state index contributed by atoms with van der Waals surface area (Å²) < 4.78 is 2.03. The quantitative estimate of drug-likeness (QED) is 0.574. The van der Waals surface area contributed by atoms with Crippen molar-refractivity contribution in [1.29, 1.82) is 0 Å². The first-order chi connectivity index (χ1) is 12.1. The average molecular weight is 328 g/mol. The molecule has 0 saturated carbocycles. The normalized spacial score (nSPS) is 12.4. The van der Waals surface area contributed by atoms with E-state index in [1.807, 2.05) is 61.1 Å². The molecular weight excluding hydrogens is 308 g/mol. The van der Waals surface area contributed by atoms with Gasteiger partial charge in [-0.3, -0.25) is 4.79 Å². The van der Waals surface area contributed by atoms with E-state index in [0.717, 1.165) is 16.5 Å². The van der Waals surface area contributed by atoms with Crippen LogP contribution < -0.4 is 5.32 Å². The Morgan fingerprint density at radius 2 is 1.76 bits per heavy atom. The predicted molar refractivity (Wildman–Crippen MR) is 103 cm³/mol. The van der Waals surface area contributed by atoms with E-state index in [1.54, 1.807) is 0 Å². The Kier molecular flexibility index (Phi) is 3.77. The standard InChI is InChI=1S/C22H20N2O/c1-15(19-9-5-7-16-6-3-4-8-20(16)19)23-22(25)18-11-10-17-12-13-24(2)21(17)14-18/h3-15H,1-2H3,(H,23,25)/t15-/m1/s1. The molecule has 1 aromatic heterocycles. The number of nitrogens with zero attached hydrogens (tertiary/aromatic N) is 1. The number of benzene rings is 3. The predicted octanol–water partition coefficient (Wildman–Crippen LogP) is 4.82. The van der Waals surface area contributed by atoms with Crippen LogP contribution in [0.4, 0.5) is 0 Å². The number of hydrogen-bond donors (Lipinski definition) is 1. The number of amides is 1. The van der Waals surface area contributed by atoms with Crippen molar-refractivity contribution in [2.24, 2.45) is 7.05 Å². The Labute approximate surface area is 146 Å². The van der Waals surface area contributed by atoms with E-state index in [4.69, 9.17) is 0 Å². The van der Waals surface area contributed by atoms with Gasteiger partial charge in [0, 0.05) is 24.3 Å². The monoisotopic (exact) mass is 328 g/mol. The summed E-state index contributed by atoms with van der Waals surface area (Å²) in [4.78, 5) is 12.7. The molecule has 4 rings (SSSR count). The minimum atomic E-state index is -0.0669. The molecule has 1 N–H and O–H groups in total. The smallest absolute Gasteiger partial charge is 0.251 e. The molecule has 1 amide bonds. The van der Waals surface area contributed by atoms with Gasteiger partial charge in [0.2, 0.25) is 0 Å². The maximum atomic E-state index is 12.7. The SMILES string of the molecule is C[C@@H](NC(=O)c1ccc2ccn(C)c2c1)c1cccc2ccccc12. The molecule has 0 aliphatic rings. The van der Waals surface area contributed by atoms with Gasteiger partial charge in [0.25, 0.3) is 5.91 Å². The van der Waals surface area contributed by atoms with Gasteiger partial charge in [0.1, 0.15) is 0 Å². The van der Waals surface area contributed by atoms with Crippen molar-refractivity contribution < 1.29 is 4.79 Å². The maximum absolute atomic E-state index is 12.7. The summed E-state index contributed by atoms with van der Waals surface area (Å²) in [5.74, 6) is -0.0523. The Bertz CT molecular complexity index is 1070. The number of rotatable bonds is 3. The zero-order valence-electron chi connectivity index (χ0n) is 14.4. The fourth-order valence-corrected chi connectivity index (χ4v) is 3.39. The molecule has 0 saturated heterocycles. The van der Waals surface area contributed by atoms with Gasteiger partial charge < -0.3 is 9.88 Å². The first-order valence-electron chi connectivity index (χ1n) is 8.47. The minimum Gasteiger partial charge on any atom is -0.351 e. The Hall–Kier alpha value is -3.07. The summed E-state index contributed by atoms with van der Waals surface area (Å²) >= 11 is 0. The van der Waals surface area contributed by atoms with Gasteiger partial charge in [-0.25, -0.2) is 0 Å². The maximum Gasteiger partial charge on any atom is 0.251 e.